The van der Waals surface area contributed by atoms with Crippen LogP contribution >= 0.6 is 0 Å². The van der Waals surface area contributed by atoms with Crippen molar-refractivity contribution >= 4 is 29.4 Å². The van der Waals surface area contributed by atoms with E-state index in [1.807, 2.05) is 0 Å². The first-order chi connectivity index (χ1) is 18.6. The van der Waals surface area contributed by atoms with Crippen molar-refractivity contribution in [1.82, 2.24) is 31.2 Å². The number of nitrogens with one attached hydrogen (secondary N) is 4. The summed E-state index contributed by atoms with van der Waals surface area (Å²) in [7, 11) is 0. The summed E-state index contributed by atoms with van der Waals surface area (Å²) < 4.78 is 0. The van der Waals surface area contributed by atoms with E-state index in [1.54, 1.807) is 20.8 Å². The van der Waals surface area contributed by atoms with Crippen molar-refractivity contribution in [1.29, 1.82) is 0 Å². The Kier molecular flexibility index (Phi) is 15.9. The summed E-state index contributed by atoms with van der Waals surface area (Å²) in [6, 6.07) is -2.07. The Morgan fingerprint density at radius 3 is 2.23 bits per heavy atom. The van der Waals surface area contributed by atoms with Crippen LogP contribution in [0.15, 0.2) is 12.4 Å². The van der Waals surface area contributed by atoms with Gasteiger partial charge in [-0.3, -0.25) is 24.0 Å². The fourth-order valence-electron chi connectivity index (χ4n) is 3.57. The Hall–Kier alpha value is -3.61. The highest BCUT2D eigenvalue weighted by Gasteiger charge is 2.28. The molecule has 4 amide bonds. The standard InChI is InChI=1S/C26H43N7O6/c1-4-19(34)16-29-24(37)20(10-7-8-12-27)32-25(38)22(17(2)3)33-21(35)11-6-5-9-13-28-23(36)18-14-30-26(39)31-15-18/h14-15,17,20,22H,4-13,16,27H2,1-3H3,(H,28,36)(H,29,37)(H,32,38)(H,33,35)(H,30,31,39)/t20-,22-/m0/s1. The van der Waals surface area contributed by atoms with Crippen molar-refractivity contribution < 1.29 is 29.1 Å². The van der Waals surface area contributed by atoms with Crippen molar-refractivity contribution in [3.63, 3.8) is 0 Å². The maximum atomic E-state index is 13.0. The van der Waals surface area contributed by atoms with Gasteiger partial charge in [0.05, 0.1) is 12.1 Å². The van der Waals surface area contributed by atoms with Crippen molar-refractivity contribution in [2.24, 2.45) is 11.7 Å². The molecule has 0 aromatic carbocycles. The monoisotopic (exact) mass is 549 g/mol. The van der Waals surface area contributed by atoms with E-state index in [0.29, 0.717) is 58.0 Å². The maximum Gasteiger partial charge on any atom is 0.313 e. The highest BCUT2D eigenvalue weighted by atomic mass is 16.3. The second-order valence-electron chi connectivity index (χ2n) is 9.58. The zero-order valence-electron chi connectivity index (χ0n) is 23.1. The SMILES string of the molecule is CCC(=O)CNC(=O)[C@H](CCCCN)NC(=O)[C@@H](NC(=O)CCCCCNC(=O)c1cnc(O)nc1)C(C)C. The number of hydrogen-bond acceptors (Lipinski definition) is 9. The van der Waals surface area contributed by atoms with E-state index in [1.165, 1.54) is 12.4 Å². The minimum Gasteiger partial charge on any atom is -0.479 e. The molecule has 1 heterocycles. The Morgan fingerprint density at radius 2 is 1.62 bits per heavy atom. The predicted molar refractivity (Wildman–Crippen MR) is 144 cm³/mol. The Bertz CT molecular complexity index is 939. The second-order valence-corrected chi connectivity index (χ2v) is 9.58. The first-order valence-corrected chi connectivity index (χ1v) is 13.5. The second kappa shape index (κ2) is 18.6. The van der Waals surface area contributed by atoms with Crippen molar-refractivity contribution in [3.05, 3.63) is 18.0 Å². The Labute approximate surface area is 229 Å². The van der Waals surface area contributed by atoms with Gasteiger partial charge in [0.25, 0.3) is 5.91 Å². The van der Waals surface area contributed by atoms with Gasteiger partial charge < -0.3 is 32.1 Å². The van der Waals surface area contributed by atoms with Gasteiger partial charge in [-0.25, -0.2) is 9.97 Å². The lowest BCUT2D eigenvalue weighted by Gasteiger charge is -2.25. The molecule has 0 saturated heterocycles. The van der Waals surface area contributed by atoms with Crippen LogP contribution in [-0.2, 0) is 19.2 Å². The molecule has 7 N–H and O–H groups in total. The minimum absolute atomic E-state index is 0.0994. The average Bonchev–Trinajstić information content (AvgIpc) is 2.91. The summed E-state index contributed by atoms with van der Waals surface area (Å²) >= 11 is 0. The number of Topliss-reactive ketones (excluding diaryl/α,β-unsaturated/α-hetero) is 1. The van der Waals surface area contributed by atoms with Gasteiger partial charge in [-0.15, -0.1) is 0 Å². The van der Waals surface area contributed by atoms with Crippen LogP contribution in [0.1, 0.15) is 82.5 Å². The molecule has 0 saturated carbocycles. The number of hydrogen-bond donors (Lipinski definition) is 6. The third kappa shape index (κ3) is 13.7. The molecule has 0 radical (unpaired) electrons. The number of aromatic hydroxyl groups is 1. The molecule has 218 valence electrons. The lowest BCUT2D eigenvalue weighted by Crippen LogP contribution is -2.55. The smallest absolute Gasteiger partial charge is 0.313 e. The summed E-state index contributed by atoms with van der Waals surface area (Å²) in [5.41, 5.74) is 5.78. The molecule has 0 spiro atoms. The van der Waals surface area contributed by atoms with E-state index >= 15 is 0 Å². The highest BCUT2D eigenvalue weighted by molar-refractivity contribution is 5.94. The summed E-state index contributed by atoms with van der Waals surface area (Å²) in [4.78, 5) is 68.9. The Morgan fingerprint density at radius 1 is 0.923 bits per heavy atom. The molecule has 0 aliphatic carbocycles. The van der Waals surface area contributed by atoms with E-state index in [0.717, 1.165) is 0 Å². The molecule has 13 heteroatoms. The molecule has 0 aliphatic heterocycles. The largest absolute Gasteiger partial charge is 0.479 e. The third-order valence-corrected chi connectivity index (χ3v) is 5.97. The molecule has 0 fully saturated rings. The normalized spacial score (nSPS) is 12.3. The Balaban J connectivity index is 2.50. The molecule has 1 aromatic heterocycles. The van der Waals surface area contributed by atoms with Gasteiger partial charge in [-0.1, -0.05) is 27.2 Å². The fourth-order valence-corrected chi connectivity index (χ4v) is 3.57. The van der Waals surface area contributed by atoms with Crippen LogP contribution in [0.3, 0.4) is 0 Å². The molecule has 1 rings (SSSR count). The number of carbonyl (C=O) groups excluding carboxylic acids is 5. The lowest BCUT2D eigenvalue weighted by molar-refractivity contribution is -0.133. The first-order valence-electron chi connectivity index (χ1n) is 13.5. The van der Waals surface area contributed by atoms with Crippen molar-refractivity contribution in [2.45, 2.75) is 84.2 Å². The zero-order chi connectivity index (χ0) is 29.2. The number of unbranched alkanes of at least 4 members (excludes halogenated alkanes) is 3. The van der Waals surface area contributed by atoms with Crippen LogP contribution in [0, 0.1) is 5.92 Å². The van der Waals surface area contributed by atoms with Crippen molar-refractivity contribution in [2.75, 3.05) is 19.6 Å². The van der Waals surface area contributed by atoms with E-state index in [4.69, 9.17) is 10.8 Å². The molecule has 0 unspecified atom stereocenters. The molecular formula is C26H43N7O6. The van der Waals surface area contributed by atoms with Crippen LogP contribution in [-0.4, -0.2) is 76.2 Å². The fraction of sp³-hybridized carbons (Fsp3) is 0.654. The van der Waals surface area contributed by atoms with Gasteiger partial charge >= 0.3 is 6.01 Å². The molecule has 0 bridgehead atoms. The van der Waals surface area contributed by atoms with Crippen molar-refractivity contribution in [3.8, 4) is 6.01 Å². The van der Waals surface area contributed by atoms with Gasteiger partial charge in [0.15, 0.2) is 5.78 Å². The van der Waals surface area contributed by atoms with Crippen LogP contribution in [0.4, 0.5) is 0 Å². The number of aromatic nitrogens is 2. The van der Waals surface area contributed by atoms with E-state index < -0.39 is 29.9 Å². The first kappa shape index (κ1) is 33.4. The van der Waals surface area contributed by atoms with E-state index in [-0.39, 0.29) is 42.0 Å². The van der Waals surface area contributed by atoms with Gasteiger partial charge in [-0.2, -0.15) is 0 Å². The van der Waals surface area contributed by atoms with Crippen LogP contribution in [0.5, 0.6) is 6.01 Å². The quantitative estimate of drug-likeness (QED) is 0.131. The number of amides is 4. The molecule has 13 nitrogen and oxygen atoms in total. The van der Waals surface area contributed by atoms with Crippen LogP contribution in [0.2, 0.25) is 0 Å². The summed E-state index contributed by atoms with van der Waals surface area (Å²) in [5, 5.41) is 19.9. The van der Waals surface area contributed by atoms with Crippen LogP contribution < -0.4 is 27.0 Å². The minimum atomic E-state index is -0.838. The molecule has 2 atom stereocenters. The molecule has 0 aliphatic rings. The van der Waals surface area contributed by atoms with E-state index in [9.17, 15) is 24.0 Å². The zero-order valence-corrected chi connectivity index (χ0v) is 23.1. The highest BCUT2D eigenvalue weighted by Crippen LogP contribution is 2.08. The topological polar surface area (TPSA) is 206 Å². The van der Waals surface area contributed by atoms with Crippen LogP contribution in [0.25, 0.3) is 0 Å². The number of carbonyl (C=O) groups is 5. The third-order valence-electron chi connectivity index (χ3n) is 5.97. The number of ketones is 1. The number of nitrogens with two attached hydrogens (primary N) is 1. The van der Waals surface area contributed by atoms with Gasteiger partial charge in [0.1, 0.15) is 12.1 Å². The summed E-state index contributed by atoms with van der Waals surface area (Å²) in [6.45, 7) is 6.07. The number of nitrogens with zero attached hydrogens (tertiary/aromatic N) is 2. The lowest BCUT2D eigenvalue weighted by atomic mass is 10.0. The van der Waals surface area contributed by atoms with Gasteiger partial charge in [0.2, 0.25) is 17.7 Å². The molecular weight excluding hydrogens is 506 g/mol. The average molecular weight is 550 g/mol. The predicted octanol–water partition coefficient (Wildman–Crippen LogP) is 0.322. The van der Waals surface area contributed by atoms with Gasteiger partial charge in [0, 0.05) is 31.8 Å². The molecule has 1 aromatic rings. The van der Waals surface area contributed by atoms with Gasteiger partial charge in [-0.05, 0) is 44.6 Å². The van der Waals surface area contributed by atoms with E-state index in [2.05, 4.69) is 31.2 Å². The molecule has 39 heavy (non-hydrogen) atoms. The maximum absolute atomic E-state index is 13.0. The summed E-state index contributed by atoms with van der Waals surface area (Å²) in [5.74, 6) is -1.88. The number of rotatable bonds is 19. The summed E-state index contributed by atoms with van der Waals surface area (Å²) in [6.07, 6.45) is 6.52.